The minimum Gasteiger partial charge on any atom is -0.391 e. The molecule has 1 aliphatic heterocycles. The molecule has 0 radical (unpaired) electrons. The summed E-state index contributed by atoms with van der Waals surface area (Å²) in [4.78, 5) is 40.4. The monoisotopic (exact) mass is 734 g/mol. The van der Waals surface area contributed by atoms with Crippen LogP contribution in [0.25, 0.3) is 0 Å². The van der Waals surface area contributed by atoms with Gasteiger partial charge in [0, 0.05) is 32.7 Å². The van der Waals surface area contributed by atoms with Crippen LogP contribution in [-0.2, 0) is 55.1 Å². The van der Waals surface area contributed by atoms with Crippen LogP contribution >= 0.6 is 0 Å². The smallest absolute Gasteiger partial charge is 0.251 e. The highest BCUT2D eigenvalue weighted by Gasteiger charge is 2.32. The van der Waals surface area contributed by atoms with Gasteiger partial charge in [0.05, 0.1) is 37.3 Å². The molecular weight excluding hydrogens is 685 g/mol. The van der Waals surface area contributed by atoms with Gasteiger partial charge in [-0.25, -0.2) is 8.42 Å². The van der Waals surface area contributed by atoms with Gasteiger partial charge in [0.2, 0.25) is 21.8 Å². The van der Waals surface area contributed by atoms with Crippen molar-refractivity contribution in [2.75, 3.05) is 31.3 Å². The Morgan fingerprint density at radius 3 is 2.35 bits per heavy atom. The van der Waals surface area contributed by atoms with Gasteiger partial charge >= 0.3 is 0 Å². The van der Waals surface area contributed by atoms with E-state index in [1.54, 1.807) is 12.1 Å². The third kappa shape index (κ3) is 11.7. The van der Waals surface area contributed by atoms with Gasteiger partial charge in [0.15, 0.2) is 0 Å². The third-order valence-corrected chi connectivity index (χ3v) is 10.1. The number of aliphatic hydroxyl groups excluding tert-OH is 1. The molecule has 0 aromatic heterocycles. The molecular formula is C39H50N4O8S. The summed E-state index contributed by atoms with van der Waals surface area (Å²) in [5, 5.41) is 20.0. The summed E-state index contributed by atoms with van der Waals surface area (Å²) < 4.78 is 37.4. The van der Waals surface area contributed by atoms with Crippen molar-refractivity contribution in [1.82, 2.24) is 16.0 Å². The average Bonchev–Trinajstić information content (AvgIpc) is 3.12. The number of amides is 3. The molecule has 1 heterocycles. The lowest BCUT2D eigenvalue weighted by Gasteiger charge is -2.28. The molecule has 280 valence electrons. The minimum atomic E-state index is -3.63. The second-order valence-corrected chi connectivity index (χ2v) is 15.4. The second kappa shape index (κ2) is 18.8. The van der Waals surface area contributed by atoms with E-state index in [9.17, 15) is 27.9 Å². The Hall–Kier alpha value is -4.56. The number of hydrogen-bond donors (Lipinski definition) is 4. The molecule has 0 aliphatic carbocycles. The van der Waals surface area contributed by atoms with Crippen LogP contribution in [0.4, 0.5) is 5.69 Å². The fourth-order valence-corrected chi connectivity index (χ4v) is 6.24. The molecule has 1 aliphatic rings. The molecule has 4 bridgehead atoms. The van der Waals surface area contributed by atoms with Crippen LogP contribution in [0.1, 0.15) is 52.9 Å². The van der Waals surface area contributed by atoms with E-state index in [1.165, 1.54) is 20.2 Å². The van der Waals surface area contributed by atoms with Gasteiger partial charge in [-0.1, -0.05) is 80.6 Å². The first-order valence-corrected chi connectivity index (χ1v) is 19.1. The molecule has 3 aromatic carbocycles. The highest BCUT2D eigenvalue weighted by atomic mass is 32.2. The van der Waals surface area contributed by atoms with Crippen molar-refractivity contribution < 1.29 is 37.4 Å². The molecule has 4 atom stereocenters. The predicted molar refractivity (Wildman–Crippen MR) is 200 cm³/mol. The van der Waals surface area contributed by atoms with Gasteiger partial charge in [-0.15, -0.1) is 0 Å². The molecule has 0 spiro atoms. The number of benzene rings is 3. The van der Waals surface area contributed by atoms with Gasteiger partial charge in [-0.05, 0) is 59.2 Å². The van der Waals surface area contributed by atoms with E-state index >= 15 is 0 Å². The maximum Gasteiger partial charge on any atom is 0.251 e. The van der Waals surface area contributed by atoms with E-state index in [2.05, 4.69) is 16.0 Å². The maximum atomic E-state index is 13.8. The SMILES string of the molecule is CO[C@H](C[C@H](O)[C@@H]1COCc2cccc(c2)C/C=C/Cc2cc(cc(N(C)S(C)(=O)=O)c2)C(=O)N1)C(=O)N[C@H](C(=O)NCc1ccccc1)C(C)C. The number of hydrogen-bond acceptors (Lipinski definition) is 8. The maximum absolute atomic E-state index is 13.8. The number of anilines is 1. The molecule has 4 N–H and O–H groups in total. The molecule has 3 aromatic rings. The second-order valence-electron chi connectivity index (χ2n) is 13.4. The standard InChI is InChI=1S/C39H50N4O8S/c1-26(2)36(39(47)40-23-28-13-7-6-8-14-28)42-38(46)35(50-4)22-34(44)33-25-51-24-30-17-11-16-27(18-30)12-9-10-15-29-19-31(37(45)41-33)21-32(20-29)43(3)52(5,48)49/h6-11,13-14,16-21,26,33-36,44H,12,15,22-25H2,1-5H3,(H,40,47)(H,41,45)(H,42,46)/b10-9+/t33-,34-,35+,36-/m0/s1. The van der Waals surface area contributed by atoms with Gasteiger partial charge in [-0.3, -0.25) is 18.7 Å². The van der Waals surface area contributed by atoms with Gasteiger partial charge < -0.3 is 30.5 Å². The number of allylic oxidation sites excluding steroid dienone is 2. The van der Waals surface area contributed by atoms with E-state index in [-0.39, 0.29) is 37.0 Å². The summed E-state index contributed by atoms with van der Waals surface area (Å²) in [6.07, 6.45) is 3.47. The zero-order chi connectivity index (χ0) is 37.8. The van der Waals surface area contributed by atoms with Crippen LogP contribution in [-0.4, -0.2) is 82.6 Å². The summed E-state index contributed by atoms with van der Waals surface area (Å²) in [5.74, 6) is -1.77. The Morgan fingerprint density at radius 2 is 1.67 bits per heavy atom. The van der Waals surface area contributed by atoms with Crippen LogP contribution in [0.5, 0.6) is 0 Å². The average molecular weight is 735 g/mol. The zero-order valence-corrected chi connectivity index (χ0v) is 31.2. The molecule has 0 saturated heterocycles. The summed E-state index contributed by atoms with van der Waals surface area (Å²) in [7, 11) is -0.883. The number of rotatable bonds is 12. The van der Waals surface area contributed by atoms with Crippen LogP contribution in [0.2, 0.25) is 0 Å². The number of carbonyl (C=O) groups excluding carboxylic acids is 3. The lowest BCUT2D eigenvalue weighted by molar-refractivity contribution is -0.137. The molecule has 4 rings (SSSR count). The van der Waals surface area contributed by atoms with Gasteiger partial charge in [0.25, 0.3) is 5.91 Å². The number of carbonyl (C=O) groups is 3. The van der Waals surface area contributed by atoms with Crippen molar-refractivity contribution in [3.8, 4) is 0 Å². The van der Waals surface area contributed by atoms with E-state index < -0.39 is 46.1 Å². The number of fused-ring (bicyclic) bond motifs is 4. The summed E-state index contributed by atoms with van der Waals surface area (Å²) in [6.45, 7) is 4.02. The lowest BCUT2D eigenvalue weighted by atomic mass is 10.00. The van der Waals surface area contributed by atoms with E-state index in [0.29, 0.717) is 30.6 Å². The molecule has 52 heavy (non-hydrogen) atoms. The Labute approximate surface area is 306 Å². The Balaban J connectivity index is 1.55. The normalized spacial score (nSPS) is 17.7. The van der Waals surface area contributed by atoms with Crippen molar-refractivity contribution >= 4 is 33.4 Å². The lowest BCUT2D eigenvalue weighted by Crippen LogP contribution is -2.54. The van der Waals surface area contributed by atoms with Crippen LogP contribution in [0.3, 0.4) is 0 Å². The summed E-state index contributed by atoms with van der Waals surface area (Å²) >= 11 is 0. The molecule has 12 nitrogen and oxygen atoms in total. The van der Waals surface area contributed by atoms with Crippen molar-refractivity contribution in [1.29, 1.82) is 0 Å². The first-order chi connectivity index (χ1) is 24.7. The highest BCUT2D eigenvalue weighted by molar-refractivity contribution is 7.92. The van der Waals surface area contributed by atoms with Crippen molar-refractivity contribution in [2.24, 2.45) is 5.92 Å². The van der Waals surface area contributed by atoms with Crippen molar-refractivity contribution in [3.05, 3.63) is 113 Å². The molecule has 0 unspecified atom stereocenters. The number of ether oxygens (including phenoxy) is 2. The Morgan fingerprint density at radius 1 is 0.981 bits per heavy atom. The first-order valence-electron chi connectivity index (χ1n) is 17.3. The molecule has 3 amide bonds. The van der Waals surface area contributed by atoms with Crippen LogP contribution in [0, 0.1) is 5.92 Å². The van der Waals surface area contributed by atoms with Crippen molar-refractivity contribution in [2.45, 2.75) is 70.6 Å². The highest BCUT2D eigenvalue weighted by Crippen LogP contribution is 2.22. The van der Waals surface area contributed by atoms with Crippen LogP contribution < -0.4 is 20.3 Å². The number of nitrogens with zero attached hydrogens (tertiary/aromatic N) is 1. The van der Waals surface area contributed by atoms with Gasteiger partial charge in [0.1, 0.15) is 12.1 Å². The van der Waals surface area contributed by atoms with E-state index in [0.717, 1.165) is 27.3 Å². The summed E-state index contributed by atoms with van der Waals surface area (Å²) in [5.41, 5.74) is 4.11. The Kier molecular flexibility index (Phi) is 14.5. The fourth-order valence-electron chi connectivity index (χ4n) is 5.76. The van der Waals surface area contributed by atoms with E-state index in [1.807, 2.05) is 80.6 Å². The molecule has 13 heteroatoms. The molecule has 0 saturated carbocycles. The van der Waals surface area contributed by atoms with E-state index in [4.69, 9.17) is 9.47 Å². The quantitative estimate of drug-likeness (QED) is 0.206. The number of methoxy groups -OCH3 is 1. The third-order valence-electron chi connectivity index (χ3n) is 8.90. The summed E-state index contributed by atoms with van der Waals surface area (Å²) in [6, 6.07) is 20.3. The van der Waals surface area contributed by atoms with Crippen LogP contribution in [0.15, 0.2) is 84.9 Å². The van der Waals surface area contributed by atoms with Crippen molar-refractivity contribution in [3.63, 3.8) is 0 Å². The minimum absolute atomic E-state index is 0.110. The number of nitrogens with one attached hydrogen (secondary N) is 3. The zero-order valence-electron chi connectivity index (χ0n) is 30.4. The van der Waals surface area contributed by atoms with Gasteiger partial charge in [-0.2, -0.15) is 0 Å². The topological polar surface area (TPSA) is 163 Å². The largest absolute Gasteiger partial charge is 0.391 e. The first kappa shape index (κ1) is 40.2. The fraction of sp³-hybridized carbons (Fsp3) is 0.410. The number of aliphatic hydroxyl groups is 1. The predicted octanol–water partition coefficient (Wildman–Crippen LogP) is 3.28. The Bertz CT molecular complexity index is 1820. The number of sulfonamides is 1. The molecule has 0 fully saturated rings.